The molecule has 0 bridgehead atoms. The van der Waals surface area contributed by atoms with E-state index in [9.17, 15) is 14.9 Å². The molecule has 1 rings (SSSR count). The highest BCUT2D eigenvalue weighted by Gasteiger charge is 2.19. The smallest absolute Gasteiger partial charge is 0.282 e. The molecule has 0 aromatic heterocycles. The van der Waals surface area contributed by atoms with Crippen molar-refractivity contribution < 1.29 is 9.72 Å². The number of benzene rings is 1. The van der Waals surface area contributed by atoms with Crippen molar-refractivity contribution in [3.8, 4) is 0 Å². The molecular formula is C13H16ClIN2O3. The van der Waals surface area contributed by atoms with Gasteiger partial charge in [0, 0.05) is 17.6 Å². The summed E-state index contributed by atoms with van der Waals surface area (Å²) < 4.78 is 1.14. The Morgan fingerprint density at radius 3 is 2.65 bits per heavy atom. The molecule has 0 saturated heterocycles. The van der Waals surface area contributed by atoms with Crippen molar-refractivity contribution in [2.45, 2.75) is 25.7 Å². The molecule has 110 valence electrons. The predicted octanol–water partition coefficient (Wildman–Crippen LogP) is 3.97. The second-order valence-corrected chi connectivity index (χ2v) is 5.79. The first-order chi connectivity index (χ1) is 9.56. The average molecular weight is 411 g/mol. The molecule has 20 heavy (non-hydrogen) atoms. The molecule has 0 aliphatic heterocycles. The van der Waals surface area contributed by atoms with Crippen molar-refractivity contribution in [2.75, 3.05) is 11.0 Å². The zero-order valence-electron chi connectivity index (χ0n) is 10.9. The van der Waals surface area contributed by atoms with Gasteiger partial charge in [-0.3, -0.25) is 14.9 Å². The van der Waals surface area contributed by atoms with Crippen LogP contribution in [0, 0.1) is 10.1 Å². The van der Waals surface area contributed by atoms with Gasteiger partial charge in [0.25, 0.3) is 11.6 Å². The molecule has 0 heterocycles. The van der Waals surface area contributed by atoms with Gasteiger partial charge in [0.15, 0.2) is 0 Å². The molecular weight excluding hydrogens is 395 g/mol. The van der Waals surface area contributed by atoms with Crippen molar-refractivity contribution in [3.63, 3.8) is 0 Å². The number of amides is 1. The summed E-state index contributed by atoms with van der Waals surface area (Å²) in [4.78, 5) is 22.2. The molecule has 0 fully saturated rings. The Balaban J connectivity index is 2.54. The van der Waals surface area contributed by atoms with E-state index in [0.717, 1.165) is 23.7 Å². The van der Waals surface area contributed by atoms with Crippen LogP contribution in [-0.2, 0) is 0 Å². The number of carbonyl (C=O) groups is 1. The summed E-state index contributed by atoms with van der Waals surface area (Å²) in [5.41, 5.74) is -0.216. The third kappa shape index (κ3) is 5.62. The van der Waals surface area contributed by atoms with E-state index in [1.165, 1.54) is 24.6 Å². The highest BCUT2D eigenvalue weighted by molar-refractivity contribution is 14.1. The van der Waals surface area contributed by atoms with E-state index in [1.807, 2.05) is 0 Å². The van der Waals surface area contributed by atoms with Crippen LogP contribution >= 0.6 is 34.2 Å². The maximum absolute atomic E-state index is 11.9. The van der Waals surface area contributed by atoms with E-state index in [1.54, 1.807) is 0 Å². The van der Waals surface area contributed by atoms with Crippen LogP contribution in [0.1, 0.15) is 36.0 Å². The molecule has 1 aromatic rings. The fraction of sp³-hybridized carbons (Fsp3) is 0.462. The highest BCUT2D eigenvalue weighted by atomic mass is 127. The zero-order chi connectivity index (χ0) is 15.0. The second kappa shape index (κ2) is 9.12. The molecule has 7 heteroatoms. The first kappa shape index (κ1) is 17.2. The molecule has 0 radical (unpaired) electrons. The molecule has 5 nitrogen and oxygen atoms in total. The van der Waals surface area contributed by atoms with Gasteiger partial charge in [-0.15, -0.1) is 0 Å². The Hall–Kier alpha value is -0.890. The lowest BCUT2D eigenvalue weighted by atomic mass is 10.1. The minimum Gasteiger partial charge on any atom is -0.352 e. The van der Waals surface area contributed by atoms with E-state index in [4.69, 9.17) is 11.6 Å². The summed E-state index contributed by atoms with van der Waals surface area (Å²) in [7, 11) is 0. The minimum absolute atomic E-state index is 0.00904. The van der Waals surface area contributed by atoms with Gasteiger partial charge in [0.2, 0.25) is 0 Å². The van der Waals surface area contributed by atoms with Crippen molar-refractivity contribution in [2.24, 2.45) is 0 Å². The number of nitro benzene ring substituents is 1. The number of nitro groups is 1. The quantitative estimate of drug-likeness (QED) is 0.232. The Morgan fingerprint density at radius 1 is 1.30 bits per heavy atom. The van der Waals surface area contributed by atoms with Crippen LogP contribution in [0.15, 0.2) is 18.2 Å². The average Bonchev–Trinajstić information content (AvgIpc) is 2.42. The molecule has 1 N–H and O–H groups in total. The van der Waals surface area contributed by atoms with Crippen LogP contribution in [0.3, 0.4) is 0 Å². The molecule has 0 atom stereocenters. The lowest BCUT2D eigenvalue weighted by molar-refractivity contribution is -0.385. The third-order valence-corrected chi connectivity index (χ3v) is 3.74. The molecule has 1 amide bonds. The van der Waals surface area contributed by atoms with Crippen molar-refractivity contribution in [1.82, 2.24) is 5.32 Å². The van der Waals surface area contributed by atoms with Crippen LogP contribution in [0.5, 0.6) is 0 Å². The first-order valence-corrected chi connectivity index (χ1v) is 8.24. The molecule has 0 aliphatic carbocycles. The van der Waals surface area contributed by atoms with E-state index in [-0.39, 0.29) is 11.3 Å². The number of nitrogens with one attached hydrogen (secondary N) is 1. The Morgan fingerprint density at radius 2 is 2.00 bits per heavy atom. The number of alkyl halides is 1. The largest absolute Gasteiger partial charge is 0.352 e. The monoisotopic (exact) mass is 410 g/mol. The van der Waals surface area contributed by atoms with Gasteiger partial charge >= 0.3 is 0 Å². The number of hydrogen-bond acceptors (Lipinski definition) is 3. The number of carbonyl (C=O) groups excluding carboxylic acids is 1. The number of hydrogen-bond donors (Lipinski definition) is 1. The van der Waals surface area contributed by atoms with Crippen molar-refractivity contribution in [1.29, 1.82) is 0 Å². The van der Waals surface area contributed by atoms with Gasteiger partial charge in [-0.25, -0.2) is 0 Å². The lowest BCUT2D eigenvalue weighted by Crippen LogP contribution is -2.25. The van der Waals surface area contributed by atoms with Gasteiger partial charge in [-0.1, -0.05) is 47.0 Å². The van der Waals surface area contributed by atoms with Crippen molar-refractivity contribution >= 4 is 45.8 Å². The Bertz CT molecular complexity index is 483. The summed E-state index contributed by atoms with van der Waals surface area (Å²) in [5, 5.41) is 13.9. The predicted molar refractivity (Wildman–Crippen MR) is 87.8 cm³/mol. The summed E-state index contributed by atoms with van der Waals surface area (Å²) in [6.07, 6.45) is 4.22. The molecule has 1 aromatic carbocycles. The van der Waals surface area contributed by atoms with Gasteiger partial charge in [0.05, 0.1) is 4.92 Å². The molecule has 0 spiro atoms. The number of rotatable bonds is 8. The summed E-state index contributed by atoms with van der Waals surface area (Å²) >= 11 is 8.11. The fourth-order valence-electron chi connectivity index (χ4n) is 1.72. The second-order valence-electron chi connectivity index (χ2n) is 4.28. The van der Waals surface area contributed by atoms with Gasteiger partial charge in [-0.05, 0) is 29.4 Å². The van der Waals surface area contributed by atoms with Crippen LogP contribution in [0.25, 0.3) is 0 Å². The van der Waals surface area contributed by atoms with Gasteiger partial charge in [-0.2, -0.15) is 0 Å². The van der Waals surface area contributed by atoms with Crippen LogP contribution in [0.4, 0.5) is 5.69 Å². The first-order valence-electron chi connectivity index (χ1n) is 6.34. The summed E-state index contributed by atoms with van der Waals surface area (Å²) in [6.45, 7) is 0.518. The van der Waals surface area contributed by atoms with Crippen LogP contribution < -0.4 is 5.32 Å². The molecule has 0 unspecified atom stereocenters. The molecule has 0 aliphatic rings. The lowest BCUT2D eigenvalue weighted by Gasteiger charge is -2.06. The summed E-state index contributed by atoms with van der Waals surface area (Å²) in [6, 6.07) is 3.98. The standard InChI is InChI=1S/C13H16ClIN2O3/c14-10-5-6-12(17(19)20)11(9-10)13(18)16-8-4-2-1-3-7-15/h5-6,9H,1-4,7-8H2,(H,16,18). The Labute approximate surface area is 136 Å². The zero-order valence-corrected chi connectivity index (χ0v) is 13.8. The number of halogens is 2. The number of nitrogens with zero attached hydrogens (tertiary/aromatic N) is 1. The SMILES string of the molecule is O=C(NCCCCCCI)c1cc(Cl)ccc1[N+](=O)[O-]. The normalized spacial score (nSPS) is 10.3. The topological polar surface area (TPSA) is 72.2 Å². The van der Waals surface area contributed by atoms with Crippen LogP contribution in [0.2, 0.25) is 5.02 Å². The van der Waals surface area contributed by atoms with Gasteiger partial charge < -0.3 is 5.32 Å². The van der Waals surface area contributed by atoms with E-state index in [2.05, 4.69) is 27.9 Å². The van der Waals surface area contributed by atoms with E-state index < -0.39 is 10.8 Å². The Kier molecular flexibility index (Phi) is 7.83. The third-order valence-electron chi connectivity index (χ3n) is 2.75. The maximum atomic E-state index is 11.9. The van der Waals surface area contributed by atoms with Crippen LogP contribution in [-0.4, -0.2) is 21.8 Å². The van der Waals surface area contributed by atoms with Gasteiger partial charge in [0.1, 0.15) is 5.56 Å². The summed E-state index contributed by atoms with van der Waals surface area (Å²) in [5.74, 6) is -0.451. The van der Waals surface area contributed by atoms with E-state index in [0.29, 0.717) is 11.6 Å². The number of unbranched alkanes of at least 4 members (excludes halogenated alkanes) is 3. The molecule has 0 saturated carbocycles. The fourth-order valence-corrected chi connectivity index (χ4v) is 2.43. The minimum atomic E-state index is -0.578. The van der Waals surface area contributed by atoms with E-state index >= 15 is 0 Å². The maximum Gasteiger partial charge on any atom is 0.282 e. The van der Waals surface area contributed by atoms with Crippen molar-refractivity contribution in [3.05, 3.63) is 38.9 Å². The highest BCUT2D eigenvalue weighted by Crippen LogP contribution is 2.22.